The number of benzene rings is 1. The van der Waals surface area contributed by atoms with Gasteiger partial charge in [0.1, 0.15) is 0 Å². The third kappa shape index (κ3) is 3.09. The van der Waals surface area contributed by atoms with E-state index in [2.05, 4.69) is 0 Å². The molecule has 8 heteroatoms. The van der Waals surface area contributed by atoms with Crippen LogP contribution in [0.1, 0.15) is 12.5 Å². The van der Waals surface area contributed by atoms with Gasteiger partial charge in [0.25, 0.3) is 5.69 Å². The maximum absolute atomic E-state index is 12.0. The van der Waals surface area contributed by atoms with Gasteiger partial charge in [-0.05, 0) is 12.5 Å². The summed E-state index contributed by atoms with van der Waals surface area (Å²) in [6, 6.07) is 5.40. The number of β-amino-alcohol motifs (C(OH)–C–C–N with tert-alkyl or cyclic N) is 1. The average Bonchev–Trinajstić information content (AvgIpc) is 2.26. The molecule has 104 valence electrons. The molecule has 1 aliphatic heterocycles. The lowest BCUT2D eigenvalue weighted by Crippen LogP contribution is -2.61. The standard InChI is InChI=1S/C11H14N2O5S/c1-11(14)7-12(8-11)19(17,18)6-9-2-4-10(5-3-9)13(15)16/h2-5,14H,6-8H2,1H3. The highest BCUT2D eigenvalue weighted by Gasteiger charge is 2.43. The van der Waals surface area contributed by atoms with Crippen LogP contribution in [0.4, 0.5) is 5.69 Å². The van der Waals surface area contributed by atoms with Crippen LogP contribution in [-0.4, -0.2) is 41.4 Å². The molecule has 1 saturated heterocycles. The predicted molar refractivity (Wildman–Crippen MR) is 67.9 cm³/mol. The third-order valence-corrected chi connectivity index (χ3v) is 4.67. The van der Waals surface area contributed by atoms with Gasteiger partial charge in [-0.3, -0.25) is 10.1 Å². The summed E-state index contributed by atoms with van der Waals surface area (Å²) in [6.45, 7) is 1.75. The minimum absolute atomic E-state index is 0.0759. The van der Waals surface area contributed by atoms with Crippen molar-refractivity contribution in [1.82, 2.24) is 4.31 Å². The molecule has 0 bridgehead atoms. The Bertz CT molecular complexity index is 586. The van der Waals surface area contributed by atoms with E-state index in [0.29, 0.717) is 5.56 Å². The highest BCUT2D eigenvalue weighted by atomic mass is 32.2. The van der Waals surface area contributed by atoms with Crippen LogP contribution in [0.2, 0.25) is 0 Å². The van der Waals surface area contributed by atoms with Crippen molar-refractivity contribution >= 4 is 15.7 Å². The second-order valence-corrected chi connectivity index (χ2v) is 6.91. The van der Waals surface area contributed by atoms with Crippen LogP contribution in [0.25, 0.3) is 0 Å². The molecule has 7 nitrogen and oxygen atoms in total. The summed E-state index contributed by atoms with van der Waals surface area (Å²) in [5.74, 6) is -0.221. The topological polar surface area (TPSA) is 101 Å². The van der Waals surface area contributed by atoms with Crippen LogP contribution in [0.5, 0.6) is 0 Å². The second kappa shape index (κ2) is 4.55. The number of nitro groups is 1. The van der Waals surface area contributed by atoms with Crippen LogP contribution >= 0.6 is 0 Å². The lowest BCUT2D eigenvalue weighted by atomic mass is 10.0. The molecule has 0 spiro atoms. The fraction of sp³-hybridized carbons (Fsp3) is 0.455. The van der Waals surface area contributed by atoms with Crippen molar-refractivity contribution < 1.29 is 18.4 Å². The summed E-state index contributed by atoms with van der Waals surface area (Å²) in [5, 5.41) is 20.0. The van der Waals surface area contributed by atoms with E-state index in [-0.39, 0.29) is 24.5 Å². The number of rotatable bonds is 4. The average molecular weight is 286 g/mol. The molecule has 0 unspecified atom stereocenters. The zero-order chi connectivity index (χ0) is 14.3. The van der Waals surface area contributed by atoms with Crippen LogP contribution < -0.4 is 0 Å². The number of aliphatic hydroxyl groups is 1. The normalized spacial score (nSPS) is 18.8. The Morgan fingerprint density at radius 2 is 1.89 bits per heavy atom. The van der Waals surface area contributed by atoms with Crippen LogP contribution in [-0.2, 0) is 15.8 Å². The first-order valence-electron chi connectivity index (χ1n) is 5.63. The number of hydrogen-bond donors (Lipinski definition) is 1. The van der Waals surface area contributed by atoms with Crippen molar-refractivity contribution in [1.29, 1.82) is 0 Å². The summed E-state index contributed by atoms with van der Waals surface area (Å²) in [6.07, 6.45) is 0. The predicted octanol–water partition coefficient (Wildman–Crippen LogP) is 0.491. The van der Waals surface area contributed by atoms with E-state index in [1.54, 1.807) is 6.92 Å². The molecule has 0 saturated carbocycles. The molecule has 2 rings (SSSR count). The smallest absolute Gasteiger partial charge is 0.269 e. The zero-order valence-electron chi connectivity index (χ0n) is 10.3. The molecule has 1 heterocycles. The van der Waals surface area contributed by atoms with Crippen LogP contribution in [0.15, 0.2) is 24.3 Å². The van der Waals surface area contributed by atoms with Crippen LogP contribution in [0.3, 0.4) is 0 Å². The van der Waals surface area contributed by atoms with Gasteiger partial charge in [0.15, 0.2) is 0 Å². The van der Waals surface area contributed by atoms with E-state index >= 15 is 0 Å². The lowest BCUT2D eigenvalue weighted by molar-refractivity contribution is -0.384. The molecule has 1 fully saturated rings. The number of sulfonamides is 1. The van der Waals surface area contributed by atoms with E-state index in [4.69, 9.17) is 0 Å². The lowest BCUT2D eigenvalue weighted by Gasteiger charge is -2.42. The van der Waals surface area contributed by atoms with Gasteiger partial charge >= 0.3 is 0 Å². The molecular weight excluding hydrogens is 272 g/mol. The van der Waals surface area contributed by atoms with Crippen molar-refractivity contribution in [3.63, 3.8) is 0 Å². The van der Waals surface area contributed by atoms with Crippen molar-refractivity contribution in [3.05, 3.63) is 39.9 Å². The van der Waals surface area contributed by atoms with E-state index in [0.717, 1.165) is 0 Å². The highest BCUT2D eigenvalue weighted by Crippen LogP contribution is 2.25. The first kappa shape index (κ1) is 13.9. The van der Waals surface area contributed by atoms with Gasteiger partial charge in [-0.25, -0.2) is 8.42 Å². The molecule has 0 amide bonds. The molecule has 0 aromatic heterocycles. The van der Waals surface area contributed by atoms with Gasteiger partial charge in [-0.15, -0.1) is 0 Å². The fourth-order valence-corrected chi connectivity index (χ4v) is 3.67. The van der Waals surface area contributed by atoms with E-state index in [9.17, 15) is 23.6 Å². The molecule has 1 aliphatic rings. The fourth-order valence-electron chi connectivity index (χ4n) is 1.93. The van der Waals surface area contributed by atoms with Gasteiger partial charge in [0.2, 0.25) is 10.0 Å². The largest absolute Gasteiger partial charge is 0.387 e. The van der Waals surface area contributed by atoms with Gasteiger partial charge in [0, 0.05) is 25.2 Å². The van der Waals surface area contributed by atoms with E-state index < -0.39 is 20.5 Å². The van der Waals surface area contributed by atoms with Gasteiger partial charge < -0.3 is 5.11 Å². The van der Waals surface area contributed by atoms with Crippen molar-refractivity contribution in [2.24, 2.45) is 0 Å². The number of nitrogens with zero attached hydrogens (tertiary/aromatic N) is 2. The maximum atomic E-state index is 12.0. The third-order valence-electron chi connectivity index (χ3n) is 2.92. The minimum atomic E-state index is -3.48. The van der Waals surface area contributed by atoms with Crippen LogP contribution in [0, 0.1) is 10.1 Å². The first-order valence-corrected chi connectivity index (χ1v) is 7.24. The molecule has 1 N–H and O–H groups in total. The molecular formula is C11H14N2O5S. The maximum Gasteiger partial charge on any atom is 0.269 e. The molecule has 1 aromatic carbocycles. The molecule has 0 radical (unpaired) electrons. The Morgan fingerprint density at radius 3 is 2.32 bits per heavy atom. The number of hydrogen-bond acceptors (Lipinski definition) is 5. The van der Waals surface area contributed by atoms with Gasteiger partial charge in [-0.1, -0.05) is 12.1 Å². The number of nitro benzene ring substituents is 1. The Kier molecular flexibility index (Phi) is 3.33. The zero-order valence-corrected chi connectivity index (χ0v) is 11.1. The van der Waals surface area contributed by atoms with Crippen molar-refractivity contribution in [2.75, 3.05) is 13.1 Å². The Balaban J connectivity index is 2.06. The highest BCUT2D eigenvalue weighted by molar-refractivity contribution is 7.88. The molecule has 1 aromatic rings. The monoisotopic (exact) mass is 286 g/mol. The molecule has 0 atom stereocenters. The Labute approximate surface area is 110 Å². The van der Waals surface area contributed by atoms with Crippen molar-refractivity contribution in [3.8, 4) is 0 Å². The van der Waals surface area contributed by atoms with Gasteiger partial charge in [-0.2, -0.15) is 4.31 Å². The van der Waals surface area contributed by atoms with E-state index in [1.165, 1.54) is 28.6 Å². The summed E-state index contributed by atoms with van der Waals surface area (Å²) in [5.41, 5.74) is -0.548. The second-order valence-electron chi connectivity index (χ2n) is 4.94. The summed E-state index contributed by atoms with van der Waals surface area (Å²) in [4.78, 5) is 9.95. The van der Waals surface area contributed by atoms with Crippen molar-refractivity contribution in [2.45, 2.75) is 18.3 Å². The first-order chi connectivity index (χ1) is 8.70. The molecule has 0 aliphatic carbocycles. The molecule has 19 heavy (non-hydrogen) atoms. The van der Waals surface area contributed by atoms with E-state index in [1.807, 2.05) is 0 Å². The number of non-ortho nitro benzene ring substituents is 1. The van der Waals surface area contributed by atoms with Gasteiger partial charge in [0.05, 0.1) is 16.3 Å². The summed E-state index contributed by atoms with van der Waals surface area (Å²) >= 11 is 0. The Morgan fingerprint density at radius 1 is 1.37 bits per heavy atom. The SMILES string of the molecule is CC1(O)CN(S(=O)(=O)Cc2ccc([N+](=O)[O-])cc2)C1. The summed E-state index contributed by atoms with van der Waals surface area (Å²) in [7, 11) is -3.48. The Hall–Kier alpha value is -1.51. The minimum Gasteiger partial charge on any atom is -0.387 e. The summed E-state index contributed by atoms with van der Waals surface area (Å²) < 4.78 is 25.1. The quantitative estimate of drug-likeness (QED) is 0.641.